The number of imidazole rings is 1. The highest BCUT2D eigenvalue weighted by atomic mass is 16.3. The third-order valence-corrected chi connectivity index (χ3v) is 12.0. The van der Waals surface area contributed by atoms with E-state index in [0.717, 1.165) is 89.3 Å². The van der Waals surface area contributed by atoms with Crippen molar-refractivity contribution < 1.29 is 5.11 Å². The zero-order chi connectivity index (χ0) is 44.6. The maximum atomic E-state index is 12.3. The van der Waals surface area contributed by atoms with Crippen molar-refractivity contribution in [3.05, 3.63) is 205 Å². The van der Waals surface area contributed by atoms with Crippen LogP contribution in [-0.2, 0) is 10.8 Å². The number of benzene rings is 7. The van der Waals surface area contributed by atoms with Crippen LogP contribution in [0, 0.1) is 0 Å². The normalized spacial score (nSPS) is 12.1. The summed E-state index contributed by atoms with van der Waals surface area (Å²) in [4.78, 5) is 10.6. The fourth-order valence-electron chi connectivity index (χ4n) is 8.49. The Morgan fingerprint density at radius 1 is 0.562 bits per heavy atom. The topological polar surface area (TPSA) is 63.0 Å². The van der Waals surface area contributed by atoms with Gasteiger partial charge in [-0.2, -0.15) is 0 Å². The Kier molecular flexibility index (Phi) is 11.1. The lowest BCUT2D eigenvalue weighted by Gasteiger charge is -2.27. The molecule has 5 nitrogen and oxygen atoms in total. The lowest BCUT2D eigenvalue weighted by atomic mass is 9.79. The summed E-state index contributed by atoms with van der Waals surface area (Å²) in [6, 6.07) is 61.5. The number of hydrogen-bond acceptors (Lipinski definition) is 4. The Labute approximate surface area is 377 Å². The largest absolute Gasteiger partial charge is 0.507 e. The number of aromatic nitrogens is 3. The minimum atomic E-state index is -0.306. The predicted octanol–water partition coefficient (Wildman–Crippen LogP) is 15.5. The van der Waals surface area contributed by atoms with E-state index in [1.54, 1.807) is 0 Å². The predicted molar refractivity (Wildman–Crippen MR) is 269 cm³/mol. The summed E-state index contributed by atoms with van der Waals surface area (Å²) in [5.41, 5.74) is 16.6. The van der Waals surface area contributed by atoms with Gasteiger partial charge in [0.15, 0.2) is 0 Å². The first-order valence-electron chi connectivity index (χ1n) is 22.0. The molecule has 2 heterocycles. The zero-order valence-electron chi connectivity index (χ0n) is 37.7. The third-order valence-electron chi connectivity index (χ3n) is 12.0. The summed E-state index contributed by atoms with van der Waals surface area (Å²) >= 11 is 0. The number of pyridine rings is 1. The standard InChI is InChI=1S/C59H54N4O/c1-39(38-61-46-22-13-9-14-23-46)41-30-31-60-53(35-41)44-33-42(49-27-18-17-26-48(49)40-20-11-8-12-21-40)32-43(34-44)50-28-19-29-54-55(50)62-57(63(54)47-24-15-10-16-25-47)51-36-45(58(2,3)4)37-52(56(51)64)59(5,6)7/h8-38,61,64H,1-7H3/b39-38-. The highest BCUT2D eigenvalue weighted by Crippen LogP contribution is 2.45. The van der Waals surface area contributed by atoms with E-state index in [1.807, 2.05) is 36.7 Å². The van der Waals surface area contributed by atoms with E-state index < -0.39 is 0 Å². The molecule has 0 aliphatic rings. The van der Waals surface area contributed by atoms with Gasteiger partial charge >= 0.3 is 0 Å². The summed E-state index contributed by atoms with van der Waals surface area (Å²) in [7, 11) is 0. The summed E-state index contributed by atoms with van der Waals surface area (Å²) < 4.78 is 2.20. The molecule has 0 unspecified atom stereocenters. The van der Waals surface area contributed by atoms with Gasteiger partial charge in [-0.05, 0) is 129 Å². The average Bonchev–Trinajstić information content (AvgIpc) is 3.70. The molecule has 0 aliphatic heterocycles. The van der Waals surface area contributed by atoms with Crippen LogP contribution in [0.15, 0.2) is 188 Å². The minimum Gasteiger partial charge on any atom is -0.507 e. The number of para-hydroxylation sites is 3. The molecule has 2 aromatic heterocycles. The number of nitrogens with zero attached hydrogens (tertiary/aromatic N) is 3. The molecular weight excluding hydrogens is 781 g/mol. The molecule has 7 aromatic carbocycles. The fourth-order valence-corrected chi connectivity index (χ4v) is 8.49. The first-order valence-corrected chi connectivity index (χ1v) is 22.0. The van der Waals surface area contributed by atoms with Crippen molar-refractivity contribution in [1.29, 1.82) is 0 Å². The van der Waals surface area contributed by atoms with Crippen LogP contribution in [0.3, 0.4) is 0 Å². The number of anilines is 1. The van der Waals surface area contributed by atoms with E-state index >= 15 is 0 Å². The number of aromatic hydroxyl groups is 1. The van der Waals surface area contributed by atoms with Crippen molar-refractivity contribution >= 4 is 22.3 Å². The van der Waals surface area contributed by atoms with Gasteiger partial charge in [-0.25, -0.2) is 4.98 Å². The SMILES string of the molecule is C/C(=C/Nc1ccccc1)c1ccnc(-c2cc(-c3ccccc3-c3ccccc3)cc(-c3cccc4c3nc(-c3cc(C(C)(C)C)cc(C(C)(C)C)c3O)n4-c3ccccc3)c2)c1. The summed E-state index contributed by atoms with van der Waals surface area (Å²) in [5, 5.41) is 15.7. The quantitative estimate of drug-likeness (QED) is 0.152. The Balaban J connectivity index is 1.29. The lowest BCUT2D eigenvalue weighted by Crippen LogP contribution is -2.17. The zero-order valence-corrected chi connectivity index (χ0v) is 37.7. The molecule has 0 amide bonds. The third kappa shape index (κ3) is 8.37. The Hall–Kier alpha value is -7.50. The van der Waals surface area contributed by atoms with Gasteiger partial charge in [0.25, 0.3) is 0 Å². The van der Waals surface area contributed by atoms with Crippen molar-refractivity contribution in [2.75, 3.05) is 5.32 Å². The monoisotopic (exact) mass is 834 g/mol. The second-order valence-electron chi connectivity index (χ2n) is 18.7. The fraction of sp³-hybridized carbons (Fsp3) is 0.153. The molecule has 5 heteroatoms. The van der Waals surface area contributed by atoms with Gasteiger partial charge in [0.1, 0.15) is 11.6 Å². The summed E-state index contributed by atoms with van der Waals surface area (Å²) in [6.07, 6.45) is 3.94. The maximum absolute atomic E-state index is 12.3. The van der Waals surface area contributed by atoms with E-state index in [0.29, 0.717) is 11.4 Å². The van der Waals surface area contributed by atoms with Crippen LogP contribution in [0.5, 0.6) is 5.75 Å². The van der Waals surface area contributed by atoms with E-state index in [4.69, 9.17) is 9.97 Å². The molecule has 0 spiro atoms. The van der Waals surface area contributed by atoms with E-state index in [9.17, 15) is 5.11 Å². The molecule has 0 saturated heterocycles. The van der Waals surface area contributed by atoms with Crippen molar-refractivity contribution in [2.24, 2.45) is 0 Å². The number of phenolic OH excluding ortho intramolecular Hbond substituents is 1. The first kappa shape index (κ1) is 41.8. The molecule has 0 fully saturated rings. The molecule has 9 aromatic rings. The van der Waals surface area contributed by atoms with Crippen LogP contribution in [0.4, 0.5) is 5.69 Å². The smallest absolute Gasteiger partial charge is 0.149 e. The van der Waals surface area contributed by atoms with E-state index in [-0.39, 0.29) is 16.6 Å². The molecule has 2 N–H and O–H groups in total. The average molecular weight is 835 g/mol. The van der Waals surface area contributed by atoms with Gasteiger partial charge in [0.2, 0.25) is 0 Å². The summed E-state index contributed by atoms with van der Waals surface area (Å²) in [5.74, 6) is 0.944. The molecule has 0 radical (unpaired) electrons. The van der Waals surface area contributed by atoms with Crippen molar-refractivity contribution in [3.63, 3.8) is 0 Å². The molecule has 0 saturated carbocycles. The maximum Gasteiger partial charge on any atom is 0.149 e. The minimum absolute atomic E-state index is 0.165. The van der Waals surface area contributed by atoms with Crippen LogP contribution in [-0.4, -0.2) is 19.6 Å². The van der Waals surface area contributed by atoms with E-state index in [2.05, 4.69) is 210 Å². The van der Waals surface area contributed by atoms with Crippen LogP contribution in [0.25, 0.3) is 78.3 Å². The molecule has 0 bridgehead atoms. The Bertz CT molecular complexity index is 3150. The van der Waals surface area contributed by atoms with Crippen molar-refractivity contribution in [3.8, 4) is 67.5 Å². The number of fused-ring (bicyclic) bond motifs is 1. The van der Waals surface area contributed by atoms with Crippen molar-refractivity contribution in [1.82, 2.24) is 14.5 Å². The molecule has 316 valence electrons. The van der Waals surface area contributed by atoms with E-state index in [1.165, 1.54) is 0 Å². The van der Waals surface area contributed by atoms with Crippen molar-refractivity contribution in [2.45, 2.75) is 59.3 Å². The van der Waals surface area contributed by atoms with Crippen LogP contribution >= 0.6 is 0 Å². The molecule has 0 atom stereocenters. The number of rotatable bonds is 9. The number of nitrogens with one attached hydrogen (secondary N) is 1. The number of allylic oxidation sites excluding steroid dienone is 1. The highest BCUT2D eigenvalue weighted by molar-refractivity contribution is 5.98. The second-order valence-corrected chi connectivity index (χ2v) is 18.7. The second kappa shape index (κ2) is 17.0. The van der Waals surface area contributed by atoms with Gasteiger partial charge in [-0.1, -0.05) is 151 Å². The van der Waals surface area contributed by atoms with Crippen LogP contribution in [0.1, 0.15) is 65.2 Å². The van der Waals surface area contributed by atoms with Gasteiger partial charge in [-0.3, -0.25) is 9.55 Å². The Morgan fingerprint density at radius 3 is 1.83 bits per heavy atom. The molecule has 9 rings (SSSR count). The molecular formula is C59H54N4O. The molecule has 0 aliphatic carbocycles. The van der Waals surface area contributed by atoms with Crippen LogP contribution < -0.4 is 5.32 Å². The van der Waals surface area contributed by atoms with Crippen LogP contribution in [0.2, 0.25) is 0 Å². The van der Waals surface area contributed by atoms with Gasteiger partial charge in [0, 0.05) is 40.5 Å². The van der Waals surface area contributed by atoms with Gasteiger partial charge in [-0.15, -0.1) is 0 Å². The van der Waals surface area contributed by atoms with Gasteiger partial charge in [0.05, 0.1) is 22.3 Å². The van der Waals surface area contributed by atoms with Gasteiger partial charge < -0.3 is 10.4 Å². The lowest BCUT2D eigenvalue weighted by molar-refractivity contribution is 0.446. The Morgan fingerprint density at radius 2 is 1.16 bits per heavy atom. The highest BCUT2D eigenvalue weighted by Gasteiger charge is 2.29. The summed E-state index contributed by atoms with van der Waals surface area (Å²) in [6.45, 7) is 15.2. The first-order chi connectivity index (χ1) is 30.8. The number of phenols is 1. The number of hydrogen-bond donors (Lipinski definition) is 2. The molecule has 64 heavy (non-hydrogen) atoms.